The van der Waals surface area contributed by atoms with E-state index >= 15 is 0 Å². The molecule has 0 amide bonds. The van der Waals surface area contributed by atoms with Gasteiger partial charge in [0.2, 0.25) is 0 Å². The Morgan fingerprint density at radius 3 is 0.953 bits per heavy atom. The second-order valence-corrected chi connectivity index (χ2v) is 18.8. The van der Waals surface area contributed by atoms with Crippen molar-refractivity contribution in [3.63, 3.8) is 0 Å². The Morgan fingerprint density at radius 2 is 0.609 bits per heavy atom. The molecule has 0 spiro atoms. The van der Waals surface area contributed by atoms with Gasteiger partial charge in [-0.3, -0.25) is 14.4 Å². The molecule has 0 radical (unpaired) electrons. The first-order valence-electron chi connectivity index (χ1n) is 28.0. The van der Waals surface area contributed by atoms with Crippen LogP contribution < -0.4 is 0 Å². The third-order valence-corrected chi connectivity index (χ3v) is 12.4. The lowest BCUT2D eigenvalue weighted by Gasteiger charge is -2.18. The molecule has 0 N–H and O–H groups in total. The van der Waals surface area contributed by atoms with Crippen LogP contribution in [-0.2, 0) is 28.6 Å². The van der Waals surface area contributed by atoms with Gasteiger partial charge in [0.25, 0.3) is 0 Å². The summed E-state index contributed by atoms with van der Waals surface area (Å²) in [4.78, 5) is 38.1. The summed E-state index contributed by atoms with van der Waals surface area (Å²) in [5.74, 6) is -0.890. The zero-order valence-electron chi connectivity index (χ0n) is 42.8. The highest BCUT2D eigenvalue weighted by Gasteiger charge is 2.19. The van der Waals surface area contributed by atoms with Crippen molar-refractivity contribution in [3.8, 4) is 0 Å². The number of esters is 3. The van der Waals surface area contributed by atoms with Crippen LogP contribution in [0, 0.1) is 0 Å². The van der Waals surface area contributed by atoms with Crippen LogP contribution in [0.4, 0.5) is 0 Å². The fourth-order valence-corrected chi connectivity index (χ4v) is 8.22. The normalized spacial score (nSPS) is 12.2. The van der Waals surface area contributed by atoms with E-state index in [0.717, 1.165) is 83.5 Å². The lowest BCUT2D eigenvalue weighted by atomic mass is 10.0. The topological polar surface area (TPSA) is 78.9 Å². The van der Waals surface area contributed by atoms with Crippen LogP contribution in [0.5, 0.6) is 0 Å². The van der Waals surface area contributed by atoms with Gasteiger partial charge in [0.15, 0.2) is 6.10 Å². The number of hydrogen-bond acceptors (Lipinski definition) is 6. The highest BCUT2D eigenvalue weighted by atomic mass is 16.6. The van der Waals surface area contributed by atoms with Crippen molar-refractivity contribution in [1.82, 2.24) is 0 Å². The molecule has 0 aromatic heterocycles. The van der Waals surface area contributed by atoms with E-state index < -0.39 is 6.10 Å². The van der Waals surface area contributed by atoms with Crippen molar-refractivity contribution in [2.24, 2.45) is 0 Å². The van der Waals surface area contributed by atoms with Crippen molar-refractivity contribution < 1.29 is 28.6 Å². The van der Waals surface area contributed by atoms with Crippen LogP contribution in [0.2, 0.25) is 0 Å². The van der Waals surface area contributed by atoms with Gasteiger partial charge in [-0.05, 0) is 51.4 Å². The molecule has 0 aliphatic heterocycles. The zero-order valence-corrected chi connectivity index (χ0v) is 42.8. The SMILES string of the molecule is CC/C=C\C/C=C\C/C=C\CCCCCC(=O)OCC(COC(=O)CCCCCCCCCCCCCCCCCCCC)OC(=O)CCCCCCCCCCCCCCCCC. The second kappa shape index (κ2) is 53.2. The fourth-order valence-electron chi connectivity index (χ4n) is 8.22. The predicted molar refractivity (Wildman–Crippen MR) is 275 cm³/mol. The van der Waals surface area contributed by atoms with E-state index in [1.54, 1.807) is 0 Å². The quantitative estimate of drug-likeness (QED) is 0.0262. The summed E-state index contributed by atoms with van der Waals surface area (Å²) in [7, 11) is 0. The molecule has 0 saturated carbocycles. The van der Waals surface area contributed by atoms with Gasteiger partial charge in [-0.1, -0.05) is 263 Å². The summed E-state index contributed by atoms with van der Waals surface area (Å²) in [5.41, 5.74) is 0. The minimum atomic E-state index is -0.779. The summed E-state index contributed by atoms with van der Waals surface area (Å²) in [6, 6.07) is 0. The van der Waals surface area contributed by atoms with Crippen LogP contribution in [0.3, 0.4) is 0 Å². The maximum Gasteiger partial charge on any atom is 0.306 e. The van der Waals surface area contributed by atoms with Gasteiger partial charge in [0.1, 0.15) is 13.2 Å². The van der Waals surface area contributed by atoms with Gasteiger partial charge >= 0.3 is 17.9 Å². The molecular weight excluding hydrogens is 793 g/mol. The summed E-state index contributed by atoms with van der Waals surface area (Å²) in [6.07, 6.45) is 62.8. The molecule has 0 aromatic carbocycles. The summed E-state index contributed by atoms with van der Waals surface area (Å²) >= 11 is 0. The maximum atomic E-state index is 12.8. The van der Waals surface area contributed by atoms with Crippen molar-refractivity contribution in [2.75, 3.05) is 13.2 Å². The van der Waals surface area contributed by atoms with E-state index in [-0.39, 0.29) is 31.1 Å². The minimum absolute atomic E-state index is 0.0767. The zero-order chi connectivity index (χ0) is 46.5. The lowest BCUT2D eigenvalue weighted by Crippen LogP contribution is -2.30. The average Bonchev–Trinajstić information content (AvgIpc) is 3.29. The van der Waals surface area contributed by atoms with Gasteiger partial charge < -0.3 is 14.2 Å². The van der Waals surface area contributed by atoms with Gasteiger partial charge in [0.05, 0.1) is 0 Å². The first-order chi connectivity index (χ1) is 31.5. The number of hydrogen-bond donors (Lipinski definition) is 0. The summed E-state index contributed by atoms with van der Waals surface area (Å²) < 4.78 is 16.8. The molecule has 1 unspecified atom stereocenters. The fraction of sp³-hybridized carbons (Fsp3) is 0.845. The predicted octanol–water partition coefficient (Wildman–Crippen LogP) is 18.5. The molecule has 0 bridgehead atoms. The lowest BCUT2D eigenvalue weighted by molar-refractivity contribution is -0.167. The van der Waals surface area contributed by atoms with E-state index in [0.29, 0.717) is 19.3 Å². The molecule has 6 heteroatoms. The molecule has 0 aliphatic rings. The molecule has 0 fully saturated rings. The molecule has 0 aliphatic carbocycles. The molecule has 374 valence electrons. The Labute approximate surface area is 397 Å². The van der Waals surface area contributed by atoms with E-state index in [4.69, 9.17) is 14.2 Å². The van der Waals surface area contributed by atoms with Crippen molar-refractivity contribution in [3.05, 3.63) is 36.5 Å². The minimum Gasteiger partial charge on any atom is -0.462 e. The van der Waals surface area contributed by atoms with Gasteiger partial charge in [0, 0.05) is 19.3 Å². The highest BCUT2D eigenvalue weighted by Crippen LogP contribution is 2.17. The third-order valence-electron chi connectivity index (χ3n) is 12.4. The van der Waals surface area contributed by atoms with E-state index in [2.05, 4.69) is 57.2 Å². The third kappa shape index (κ3) is 50.6. The number of ether oxygens (including phenoxy) is 3. The molecule has 1 atom stereocenters. The average molecular weight is 899 g/mol. The van der Waals surface area contributed by atoms with Crippen molar-refractivity contribution in [2.45, 2.75) is 303 Å². The van der Waals surface area contributed by atoms with E-state index in [1.807, 2.05) is 0 Å². The standard InChI is InChI=1S/C58H106O6/c1-4-7-10-13-16-19-22-25-27-28-29-31-33-36-39-42-45-48-51-57(60)63-54-55(53-62-56(59)50-47-44-41-38-35-32-24-21-18-15-12-9-6-3)64-58(61)52-49-46-43-40-37-34-30-26-23-20-17-14-11-8-5-2/h9,12,18,21,32,35,55H,4-8,10-11,13-17,19-20,22-31,33-34,36-54H2,1-3H3/b12-9-,21-18-,35-32-. The summed E-state index contributed by atoms with van der Waals surface area (Å²) in [6.45, 7) is 6.54. The first kappa shape index (κ1) is 61.6. The Balaban J connectivity index is 4.33. The Hall–Kier alpha value is -2.37. The molecule has 0 rings (SSSR count). The highest BCUT2D eigenvalue weighted by molar-refractivity contribution is 5.71. The monoisotopic (exact) mass is 899 g/mol. The van der Waals surface area contributed by atoms with Crippen LogP contribution in [-0.4, -0.2) is 37.2 Å². The number of unbranched alkanes of at least 4 members (excludes halogenated alkanes) is 34. The summed E-state index contributed by atoms with van der Waals surface area (Å²) in [5, 5.41) is 0. The van der Waals surface area contributed by atoms with Gasteiger partial charge in [-0.15, -0.1) is 0 Å². The smallest absolute Gasteiger partial charge is 0.306 e. The number of carbonyl (C=O) groups is 3. The molecular formula is C58H106O6. The molecule has 0 aromatic rings. The van der Waals surface area contributed by atoms with Gasteiger partial charge in [-0.2, -0.15) is 0 Å². The first-order valence-corrected chi connectivity index (χ1v) is 28.0. The maximum absolute atomic E-state index is 12.8. The van der Waals surface area contributed by atoms with Crippen LogP contribution in [0.15, 0.2) is 36.5 Å². The number of allylic oxidation sites excluding steroid dienone is 6. The Kier molecular flexibility index (Phi) is 51.3. The van der Waals surface area contributed by atoms with Crippen molar-refractivity contribution in [1.29, 1.82) is 0 Å². The largest absolute Gasteiger partial charge is 0.462 e. The van der Waals surface area contributed by atoms with E-state index in [9.17, 15) is 14.4 Å². The van der Waals surface area contributed by atoms with Gasteiger partial charge in [-0.25, -0.2) is 0 Å². The number of rotatable bonds is 51. The van der Waals surface area contributed by atoms with Crippen LogP contribution in [0.1, 0.15) is 297 Å². The molecule has 6 nitrogen and oxygen atoms in total. The Bertz CT molecular complexity index is 1080. The molecule has 64 heavy (non-hydrogen) atoms. The van der Waals surface area contributed by atoms with E-state index in [1.165, 1.54) is 173 Å². The number of carbonyl (C=O) groups excluding carboxylic acids is 3. The Morgan fingerprint density at radius 1 is 0.328 bits per heavy atom. The van der Waals surface area contributed by atoms with Crippen LogP contribution in [0.25, 0.3) is 0 Å². The molecule has 0 heterocycles. The van der Waals surface area contributed by atoms with Crippen LogP contribution >= 0.6 is 0 Å². The van der Waals surface area contributed by atoms with Crippen molar-refractivity contribution >= 4 is 17.9 Å². The second-order valence-electron chi connectivity index (χ2n) is 18.8. The molecule has 0 saturated heterocycles.